The monoisotopic (exact) mass is 369 g/mol. The molecule has 1 heterocycles. The third kappa shape index (κ3) is 5.14. The summed E-state index contributed by atoms with van der Waals surface area (Å²) in [5, 5.41) is 5.85. The van der Waals surface area contributed by atoms with E-state index >= 15 is 0 Å². The Labute approximate surface area is 158 Å². The zero-order valence-corrected chi connectivity index (χ0v) is 15.3. The Morgan fingerprint density at radius 3 is 2.26 bits per heavy atom. The van der Waals surface area contributed by atoms with E-state index in [-0.39, 0.29) is 23.7 Å². The molecule has 1 atom stereocenters. The fourth-order valence-corrected chi connectivity index (χ4v) is 3.50. The second kappa shape index (κ2) is 8.77. The molecule has 27 heavy (non-hydrogen) atoms. The summed E-state index contributed by atoms with van der Waals surface area (Å²) in [6, 6.07) is 15.1. The number of hydrogen-bond acceptors (Lipinski definition) is 3. The predicted octanol–water partition coefficient (Wildman–Crippen LogP) is 3.11. The Hall–Kier alpha value is -2.73. The largest absolute Gasteiger partial charge is 0.354 e. The van der Waals surface area contributed by atoms with E-state index in [0.29, 0.717) is 18.8 Å². The van der Waals surface area contributed by atoms with Gasteiger partial charge in [0.2, 0.25) is 11.8 Å². The summed E-state index contributed by atoms with van der Waals surface area (Å²) in [4.78, 5) is 26.4. The van der Waals surface area contributed by atoms with Gasteiger partial charge in [0, 0.05) is 31.7 Å². The molecule has 0 aromatic heterocycles. The lowest BCUT2D eigenvalue weighted by molar-refractivity contribution is -0.123. The van der Waals surface area contributed by atoms with Crippen molar-refractivity contribution in [2.45, 2.75) is 31.8 Å². The number of likely N-dealkylation sites (tertiary alicyclic amines) is 1. The normalized spacial score (nSPS) is 16.5. The Morgan fingerprint density at radius 1 is 1.04 bits per heavy atom. The second-order valence-corrected chi connectivity index (χ2v) is 6.82. The van der Waals surface area contributed by atoms with Crippen LogP contribution in [-0.2, 0) is 9.59 Å². The maximum atomic E-state index is 13.1. The Balaban J connectivity index is 1.75. The zero-order valence-electron chi connectivity index (χ0n) is 15.3. The molecular formula is C21H24FN3O2. The number of nitrogens with one attached hydrogen (secondary N) is 2. The summed E-state index contributed by atoms with van der Waals surface area (Å²) >= 11 is 0. The van der Waals surface area contributed by atoms with Crippen molar-refractivity contribution in [3.8, 4) is 0 Å². The molecule has 3 rings (SSSR count). The van der Waals surface area contributed by atoms with Crippen LogP contribution < -0.4 is 10.6 Å². The van der Waals surface area contributed by atoms with Gasteiger partial charge in [-0.05, 0) is 42.7 Å². The van der Waals surface area contributed by atoms with Crippen LogP contribution in [0.1, 0.15) is 31.4 Å². The number of halogens is 1. The lowest BCUT2D eigenvalue weighted by Crippen LogP contribution is -2.47. The first-order valence-electron chi connectivity index (χ1n) is 9.15. The molecule has 142 valence electrons. The maximum Gasteiger partial charge on any atom is 0.246 e. The van der Waals surface area contributed by atoms with Crippen LogP contribution in [0.4, 0.5) is 10.1 Å². The van der Waals surface area contributed by atoms with E-state index in [1.54, 1.807) is 12.1 Å². The van der Waals surface area contributed by atoms with Crippen LogP contribution in [0.25, 0.3) is 0 Å². The molecule has 2 amide bonds. The van der Waals surface area contributed by atoms with Gasteiger partial charge in [0.05, 0.1) is 0 Å². The topological polar surface area (TPSA) is 61.4 Å². The van der Waals surface area contributed by atoms with E-state index in [1.807, 2.05) is 30.3 Å². The molecule has 0 radical (unpaired) electrons. The molecule has 1 aliphatic heterocycles. The van der Waals surface area contributed by atoms with Crippen molar-refractivity contribution in [2.24, 2.45) is 0 Å². The summed E-state index contributed by atoms with van der Waals surface area (Å²) in [6.07, 6.45) is 1.60. The minimum absolute atomic E-state index is 0.0258. The summed E-state index contributed by atoms with van der Waals surface area (Å²) in [7, 11) is 0. The first kappa shape index (κ1) is 19.0. The van der Waals surface area contributed by atoms with Gasteiger partial charge in [-0.15, -0.1) is 0 Å². The smallest absolute Gasteiger partial charge is 0.246 e. The van der Waals surface area contributed by atoms with Crippen molar-refractivity contribution >= 4 is 17.5 Å². The molecule has 0 spiro atoms. The second-order valence-electron chi connectivity index (χ2n) is 6.82. The molecule has 0 aliphatic carbocycles. The average Bonchev–Trinajstić information content (AvgIpc) is 2.66. The molecule has 0 saturated carbocycles. The number of amides is 2. The zero-order chi connectivity index (χ0) is 19.2. The van der Waals surface area contributed by atoms with Crippen LogP contribution in [0.2, 0.25) is 0 Å². The third-order valence-electron chi connectivity index (χ3n) is 4.78. The van der Waals surface area contributed by atoms with Gasteiger partial charge in [0.1, 0.15) is 11.9 Å². The minimum atomic E-state index is -0.436. The highest BCUT2D eigenvalue weighted by molar-refractivity contribution is 5.95. The van der Waals surface area contributed by atoms with Crippen molar-refractivity contribution in [1.82, 2.24) is 10.2 Å². The van der Waals surface area contributed by atoms with E-state index in [1.165, 1.54) is 19.1 Å². The van der Waals surface area contributed by atoms with Crippen molar-refractivity contribution in [2.75, 3.05) is 18.4 Å². The van der Waals surface area contributed by atoms with Crippen molar-refractivity contribution < 1.29 is 14.0 Å². The molecule has 1 fully saturated rings. The highest BCUT2D eigenvalue weighted by Crippen LogP contribution is 2.26. The first-order valence-corrected chi connectivity index (χ1v) is 9.15. The molecule has 2 N–H and O–H groups in total. The van der Waals surface area contributed by atoms with Crippen LogP contribution >= 0.6 is 0 Å². The van der Waals surface area contributed by atoms with Gasteiger partial charge in [-0.3, -0.25) is 14.5 Å². The molecule has 0 bridgehead atoms. The number of piperidine rings is 1. The van der Waals surface area contributed by atoms with Gasteiger partial charge in [0.15, 0.2) is 0 Å². The van der Waals surface area contributed by atoms with Crippen LogP contribution in [0.3, 0.4) is 0 Å². The van der Waals surface area contributed by atoms with Gasteiger partial charge in [0.25, 0.3) is 0 Å². The fraction of sp³-hybridized carbons (Fsp3) is 0.333. The minimum Gasteiger partial charge on any atom is -0.354 e. The number of carbonyl (C=O) groups is 2. The van der Waals surface area contributed by atoms with Gasteiger partial charge < -0.3 is 10.6 Å². The highest BCUT2D eigenvalue weighted by atomic mass is 19.1. The predicted molar refractivity (Wildman–Crippen MR) is 103 cm³/mol. The van der Waals surface area contributed by atoms with Crippen LogP contribution in [0.15, 0.2) is 54.6 Å². The summed E-state index contributed by atoms with van der Waals surface area (Å²) in [5.41, 5.74) is 1.48. The SMILES string of the molecule is CC(=O)NC1CCN(C(C(=O)Nc2ccc(F)cc2)c2ccccc2)CC1. The molecule has 1 saturated heterocycles. The Morgan fingerprint density at radius 2 is 1.67 bits per heavy atom. The number of anilines is 1. The van der Waals surface area contributed by atoms with Gasteiger partial charge in [-0.1, -0.05) is 30.3 Å². The van der Waals surface area contributed by atoms with Crippen LogP contribution in [0, 0.1) is 5.82 Å². The summed E-state index contributed by atoms with van der Waals surface area (Å²) < 4.78 is 13.1. The molecule has 2 aromatic rings. The van der Waals surface area contributed by atoms with Crippen molar-refractivity contribution in [1.29, 1.82) is 0 Å². The van der Waals surface area contributed by atoms with Crippen LogP contribution in [0.5, 0.6) is 0 Å². The molecular weight excluding hydrogens is 345 g/mol. The lowest BCUT2D eigenvalue weighted by atomic mass is 9.98. The quantitative estimate of drug-likeness (QED) is 0.851. The van der Waals surface area contributed by atoms with E-state index in [9.17, 15) is 14.0 Å². The fourth-order valence-electron chi connectivity index (χ4n) is 3.50. The van der Waals surface area contributed by atoms with Gasteiger partial charge in [-0.2, -0.15) is 0 Å². The highest BCUT2D eigenvalue weighted by Gasteiger charge is 2.31. The third-order valence-corrected chi connectivity index (χ3v) is 4.78. The maximum absolute atomic E-state index is 13.1. The number of hydrogen-bond donors (Lipinski definition) is 2. The Kier molecular flexibility index (Phi) is 6.19. The average molecular weight is 369 g/mol. The number of nitrogens with zero attached hydrogens (tertiary/aromatic N) is 1. The molecule has 1 aliphatic rings. The van der Waals surface area contributed by atoms with E-state index in [4.69, 9.17) is 0 Å². The number of carbonyl (C=O) groups excluding carboxylic acids is 2. The summed E-state index contributed by atoms with van der Waals surface area (Å²) in [6.45, 7) is 2.94. The van der Waals surface area contributed by atoms with Gasteiger partial charge >= 0.3 is 0 Å². The van der Waals surface area contributed by atoms with E-state index in [0.717, 1.165) is 18.4 Å². The van der Waals surface area contributed by atoms with E-state index in [2.05, 4.69) is 15.5 Å². The molecule has 1 unspecified atom stereocenters. The van der Waals surface area contributed by atoms with Gasteiger partial charge in [-0.25, -0.2) is 4.39 Å². The first-order chi connectivity index (χ1) is 13.0. The number of rotatable bonds is 5. The molecule has 5 nitrogen and oxygen atoms in total. The molecule has 2 aromatic carbocycles. The number of benzene rings is 2. The van der Waals surface area contributed by atoms with Crippen molar-refractivity contribution in [3.05, 3.63) is 66.0 Å². The Bertz CT molecular complexity index is 772. The van der Waals surface area contributed by atoms with Crippen LogP contribution in [-0.4, -0.2) is 35.8 Å². The summed E-state index contributed by atoms with van der Waals surface area (Å²) in [5.74, 6) is -0.513. The van der Waals surface area contributed by atoms with E-state index < -0.39 is 6.04 Å². The molecule has 6 heteroatoms. The lowest BCUT2D eigenvalue weighted by Gasteiger charge is -2.37. The van der Waals surface area contributed by atoms with Crippen molar-refractivity contribution in [3.63, 3.8) is 0 Å². The standard InChI is InChI=1S/C21H24FN3O2/c1-15(26)23-19-11-13-25(14-12-19)20(16-5-3-2-4-6-16)21(27)24-18-9-7-17(22)8-10-18/h2-10,19-20H,11-14H2,1H3,(H,23,26)(H,24,27).